The van der Waals surface area contributed by atoms with Crippen molar-refractivity contribution in [2.75, 3.05) is 13.2 Å². The van der Waals surface area contributed by atoms with E-state index in [4.69, 9.17) is 18.9 Å². The summed E-state index contributed by atoms with van der Waals surface area (Å²) in [5.74, 6) is -0.826. The molecule has 0 fully saturated rings. The van der Waals surface area contributed by atoms with Crippen molar-refractivity contribution >= 4 is 17.9 Å². The first kappa shape index (κ1) is 33.6. The average molecular weight is 549 g/mol. The van der Waals surface area contributed by atoms with Crippen molar-refractivity contribution in [3.05, 3.63) is 115 Å². The van der Waals surface area contributed by atoms with Gasteiger partial charge in [-0.05, 0) is 79.8 Å². The lowest BCUT2D eigenvalue weighted by molar-refractivity contribution is -0.137. The SMILES string of the molecule is C=CC(=O)OCCCCOc1ccc(C(=O)OC(=C)/C=C\C(=C)OC(=O)c2ccc(CCCC)cc2)cc1.CC. The molecule has 2 aromatic carbocycles. The van der Waals surface area contributed by atoms with Crippen LogP contribution in [-0.4, -0.2) is 31.1 Å². The van der Waals surface area contributed by atoms with Gasteiger partial charge in [-0.2, -0.15) is 0 Å². The van der Waals surface area contributed by atoms with E-state index >= 15 is 0 Å². The second-order valence-electron chi connectivity index (χ2n) is 8.30. The number of rotatable bonds is 16. The molecule has 0 aliphatic carbocycles. The largest absolute Gasteiger partial charge is 0.494 e. The van der Waals surface area contributed by atoms with Crippen LogP contribution in [0.15, 0.2) is 98.0 Å². The maximum atomic E-state index is 12.4. The van der Waals surface area contributed by atoms with Gasteiger partial charge < -0.3 is 18.9 Å². The van der Waals surface area contributed by atoms with Crippen molar-refractivity contribution in [1.29, 1.82) is 0 Å². The molecule has 0 saturated carbocycles. The number of ether oxygens (including phenoxy) is 4. The first-order chi connectivity index (χ1) is 19.3. The minimum atomic E-state index is -0.596. The highest BCUT2D eigenvalue weighted by Gasteiger charge is 2.10. The molecule has 0 aliphatic rings. The lowest BCUT2D eigenvalue weighted by atomic mass is 10.1. The number of allylic oxidation sites excluding steroid dienone is 2. The van der Waals surface area contributed by atoms with Gasteiger partial charge in [0.2, 0.25) is 0 Å². The maximum absolute atomic E-state index is 12.4. The fraction of sp³-hybridized carbons (Fsp3) is 0.303. The molecule has 2 rings (SSSR count). The smallest absolute Gasteiger partial charge is 0.343 e. The zero-order valence-corrected chi connectivity index (χ0v) is 23.8. The molecule has 2 aromatic rings. The number of hydrogen-bond acceptors (Lipinski definition) is 7. The van der Waals surface area contributed by atoms with Gasteiger partial charge in [-0.1, -0.05) is 59.1 Å². The van der Waals surface area contributed by atoms with E-state index in [1.807, 2.05) is 26.0 Å². The molecule has 0 aromatic heterocycles. The van der Waals surface area contributed by atoms with E-state index in [-0.39, 0.29) is 11.5 Å². The quantitative estimate of drug-likeness (QED) is 0.0535. The summed E-state index contributed by atoms with van der Waals surface area (Å²) in [5.41, 5.74) is 1.91. The Labute approximate surface area is 237 Å². The summed E-state index contributed by atoms with van der Waals surface area (Å²) in [6.07, 6.45) is 8.46. The molecule has 0 amide bonds. The van der Waals surface area contributed by atoms with E-state index in [1.165, 1.54) is 17.7 Å². The molecular formula is C33H40O7. The number of hydrogen-bond donors (Lipinski definition) is 0. The number of benzene rings is 2. The lowest BCUT2D eigenvalue weighted by Crippen LogP contribution is -2.05. The van der Waals surface area contributed by atoms with Crippen LogP contribution in [0.1, 0.15) is 72.7 Å². The van der Waals surface area contributed by atoms with Crippen LogP contribution in [0.4, 0.5) is 0 Å². The van der Waals surface area contributed by atoms with Crippen molar-refractivity contribution in [3.63, 3.8) is 0 Å². The van der Waals surface area contributed by atoms with Crippen molar-refractivity contribution < 1.29 is 33.3 Å². The van der Waals surface area contributed by atoms with E-state index in [0.29, 0.717) is 42.9 Å². The predicted octanol–water partition coefficient (Wildman–Crippen LogP) is 7.54. The minimum absolute atomic E-state index is 0.0601. The summed E-state index contributed by atoms with van der Waals surface area (Å²) in [5, 5.41) is 0. The molecule has 0 heterocycles. The summed E-state index contributed by atoms with van der Waals surface area (Å²) in [6.45, 7) is 17.6. The van der Waals surface area contributed by atoms with Crippen LogP contribution in [0.5, 0.6) is 5.75 Å². The van der Waals surface area contributed by atoms with E-state index in [1.54, 1.807) is 36.4 Å². The van der Waals surface area contributed by atoms with Gasteiger partial charge in [-0.25, -0.2) is 14.4 Å². The maximum Gasteiger partial charge on any atom is 0.343 e. The number of esters is 3. The van der Waals surface area contributed by atoms with Gasteiger partial charge in [-0.15, -0.1) is 0 Å². The Morgan fingerprint density at radius 3 is 1.75 bits per heavy atom. The molecule has 0 atom stereocenters. The van der Waals surface area contributed by atoms with Gasteiger partial charge in [0, 0.05) is 6.08 Å². The van der Waals surface area contributed by atoms with Gasteiger partial charge in [-0.3, -0.25) is 0 Å². The summed E-state index contributed by atoms with van der Waals surface area (Å²) >= 11 is 0. The third-order valence-electron chi connectivity index (χ3n) is 5.22. The zero-order chi connectivity index (χ0) is 29.8. The van der Waals surface area contributed by atoms with Crippen molar-refractivity contribution in [3.8, 4) is 5.75 Å². The van der Waals surface area contributed by atoms with Crippen molar-refractivity contribution in [2.45, 2.75) is 52.9 Å². The van der Waals surface area contributed by atoms with Gasteiger partial charge in [0.15, 0.2) is 0 Å². The standard InChI is InChI=1S/C31H34O7.C2H6/c1-5-7-10-25-13-15-26(16-14-25)30(33)37-23(3)11-12-24(4)38-31(34)27-17-19-28(20-18-27)35-21-8-9-22-36-29(32)6-2;1-2/h6,11-20H,2-5,7-10,21-22H2,1H3;1-2H3/b12-11-;. The lowest BCUT2D eigenvalue weighted by Gasteiger charge is -2.08. The van der Waals surface area contributed by atoms with Gasteiger partial charge in [0.1, 0.15) is 17.3 Å². The molecular weight excluding hydrogens is 508 g/mol. The fourth-order valence-corrected chi connectivity index (χ4v) is 3.11. The molecule has 0 aliphatic heterocycles. The second kappa shape index (κ2) is 19.6. The van der Waals surface area contributed by atoms with Crippen LogP contribution in [0, 0.1) is 0 Å². The van der Waals surface area contributed by atoms with E-state index in [9.17, 15) is 14.4 Å². The van der Waals surface area contributed by atoms with Gasteiger partial charge in [0.05, 0.1) is 24.3 Å². The number of carbonyl (C=O) groups is 3. The molecule has 0 saturated heterocycles. The Morgan fingerprint density at radius 1 is 0.750 bits per heavy atom. The molecule has 0 radical (unpaired) electrons. The highest BCUT2D eigenvalue weighted by molar-refractivity contribution is 5.91. The van der Waals surface area contributed by atoms with Gasteiger partial charge >= 0.3 is 17.9 Å². The molecule has 40 heavy (non-hydrogen) atoms. The first-order valence-electron chi connectivity index (χ1n) is 13.4. The Bertz CT molecular complexity index is 1140. The Balaban J connectivity index is 0.00000391. The average Bonchev–Trinajstić information content (AvgIpc) is 2.98. The number of aryl methyl sites for hydroxylation is 1. The van der Waals surface area contributed by atoms with Crippen LogP contribution in [0.25, 0.3) is 0 Å². The third-order valence-corrected chi connectivity index (χ3v) is 5.22. The molecule has 214 valence electrons. The summed E-state index contributed by atoms with van der Waals surface area (Å²) in [6, 6.07) is 13.8. The van der Waals surface area contributed by atoms with Crippen LogP contribution in [0.3, 0.4) is 0 Å². The molecule has 0 bridgehead atoms. The molecule has 7 nitrogen and oxygen atoms in total. The van der Waals surface area contributed by atoms with Crippen molar-refractivity contribution in [2.24, 2.45) is 0 Å². The summed E-state index contributed by atoms with van der Waals surface area (Å²) < 4.78 is 21.0. The van der Waals surface area contributed by atoms with E-state index in [2.05, 4.69) is 26.7 Å². The predicted molar refractivity (Wildman–Crippen MR) is 157 cm³/mol. The molecule has 0 spiro atoms. The Morgan fingerprint density at radius 2 is 1.25 bits per heavy atom. The monoisotopic (exact) mass is 548 g/mol. The molecule has 7 heteroatoms. The van der Waals surface area contributed by atoms with E-state index in [0.717, 1.165) is 25.3 Å². The molecule has 0 unspecified atom stereocenters. The van der Waals surface area contributed by atoms with Gasteiger partial charge in [0.25, 0.3) is 0 Å². The topological polar surface area (TPSA) is 88.1 Å². The van der Waals surface area contributed by atoms with E-state index < -0.39 is 17.9 Å². The van der Waals surface area contributed by atoms with Crippen LogP contribution in [-0.2, 0) is 25.4 Å². The number of carbonyl (C=O) groups excluding carboxylic acids is 3. The summed E-state index contributed by atoms with van der Waals surface area (Å²) in [7, 11) is 0. The second-order valence-corrected chi connectivity index (χ2v) is 8.30. The van der Waals surface area contributed by atoms with Crippen LogP contribution >= 0.6 is 0 Å². The highest BCUT2D eigenvalue weighted by atomic mass is 16.5. The van der Waals surface area contributed by atoms with Crippen LogP contribution < -0.4 is 4.74 Å². The highest BCUT2D eigenvalue weighted by Crippen LogP contribution is 2.15. The molecule has 0 N–H and O–H groups in total. The Kier molecular flexibility index (Phi) is 16.5. The van der Waals surface area contributed by atoms with Crippen molar-refractivity contribution in [1.82, 2.24) is 0 Å². The first-order valence-corrected chi connectivity index (χ1v) is 13.4. The Hall–Kier alpha value is -4.39. The third kappa shape index (κ3) is 13.4. The fourth-order valence-electron chi connectivity index (χ4n) is 3.11. The normalized spacial score (nSPS) is 10.1. The van der Waals surface area contributed by atoms with Crippen LogP contribution in [0.2, 0.25) is 0 Å². The number of unbranched alkanes of at least 4 members (excludes halogenated alkanes) is 2. The minimum Gasteiger partial charge on any atom is -0.494 e. The summed E-state index contributed by atoms with van der Waals surface area (Å²) in [4.78, 5) is 35.6. The zero-order valence-electron chi connectivity index (χ0n) is 23.8.